The van der Waals surface area contributed by atoms with Crippen LogP contribution in [0.4, 0.5) is 0 Å². The quantitative estimate of drug-likeness (QED) is 0.733. The van der Waals surface area contributed by atoms with Gasteiger partial charge in [0.1, 0.15) is 12.2 Å². The Bertz CT molecular complexity index is 528. The highest BCUT2D eigenvalue weighted by Gasteiger charge is 2.57. The molecule has 6 nitrogen and oxygen atoms in total. The van der Waals surface area contributed by atoms with Crippen LogP contribution in [0.5, 0.6) is 0 Å². The van der Waals surface area contributed by atoms with Crippen LogP contribution in [-0.4, -0.2) is 46.6 Å². The van der Waals surface area contributed by atoms with Crippen LogP contribution in [-0.2, 0) is 14.3 Å². The lowest BCUT2D eigenvalue weighted by molar-refractivity contribution is -0.148. The fourth-order valence-electron chi connectivity index (χ4n) is 2.77. The molecule has 1 heterocycles. The van der Waals surface area contributed by atoms with Gasteiger partial charge < -0.3 is 19.7 Å². The molecule has 2 fully saturated rings. The Kier molecular flexibility index (Phi) is 3.19. The number of aliphatic hydroxyl groups excluding tert-OH is 2. The van der Waals surface area contributed by atoms with E-state index in [2.05, 4.69) is 0 Å². The van der Waals surface area contributed by atoms with Gasteiger partial charge in [0.05, 0.1) is 18.1 Å². The molecule has 1 aromatic rings. The van der Waals surface area contributed by atoms with Crippen molar-refractivity contribution in [1.29, 1.82) is 0 Å². The number of carbonyl (C=O) groups excluding carboxylic acids is 2. The third kappa shape index (κ3) is 2.07. The van der Waals surface area contributed by atoms with Crippen LogP contribution < -0.4 is 0 Å². The number of rotatable bonds is 2. The van der Waals surface area contributed by atoms with Crippen molar-refractivity contribution in [3.8, 4) is 0 Å². The van der Waals surface area contributed by atoms with E-state index in [9.17, 15) is 19.8 Å². The molecule has 20 heavy (non-hydrogen) atoms. The summed E-state index contributed by atoms with van der Waals surface area (Å²) >= 11 is 0. The lowest BCUT2D eigenvalue weighted by atomic mass is 10.0. The average molecular weight is 278 g/mol. The fraction of sp³-hybridized carbons (Fsp3) is 0.429. The third-order valence-corrected chi connectivity index (χ3v) is 3.79. The maximum absolute atomic E-state index is 12.0. The van der Waals surface area contributed by atoms with E-state index in [-0.39, 0.29) is 6.42 Å². The molecule has 106 valence electrons. The van der Waals surface area contributed by atoms with Crippen LogP contribution in [0.15, 0.2) is 30.3 Å². The number of hydrogen-bond acceptors (Lipinski definition) is 6. The van der Waals surface area contributed by atoms with E-state index in [1.54, 1.807) is 30.3 Å². The van der Waals surface area contributed by atoms with Crippen molar-refractivity contribution < 1.29 is 29.3 Å². The summed E-state index contributed by atoms with van der Waals surface area (Å²) in [7, 11) is 0. The van der Waals surface area contributed by atoms with Gasteiger partial charge in [-0.1, -0.05) is 18.2 Å². The van der Waals surface area contributed by atoms with E-state index >= 15 is 0 Å². The summed E-state index contributed by atoms with van der Waals surface area (Å²) in [5.74, 6) is -1.59. The van der Waals surface area contributed by atoms with Crippen molar-refractivity contribution in [2.24, 2.45) is 5.92 Å². The number of fused-ring (bicyclic) bond motifs is 1. The van der Waals surface area contributed by atoms with E-state index in [1.165, 1.54) is 0 Å². The molecular weight excluding hydrogens is 264 g/mol. The minimum Gasteiger partial charge on any atom is -0.458 e. The Hall–Kier alpha value is -1.92. The molecule has 6 heteroatoms. The summed E-state index contributed by atoms with van der Waals surface area (Å²) in [5, 5.41) is 19.8. The molecule has 0 spiro atoms. The second kappa shape index (κ2) is 4.88. The molecule has 0 bridgehead atoms. The molecule has 5 atom stereocenters. The number of benzene rings is 1. The molecule has 1 aliphatic carbocycles. The largest absolute Gasteiger partial charge is 0.458 e. The molecule has 0 radical (unpaired) electrons. The SMILES string of the molecule is O=C1C[C@@H]2[C@H](O)[C@H](O)[C@@H](OC(=O)c3ccccc3)[C@@H]2O1. The van der Waals surface area contributed by atoms with E-state index < -0.39 is 42.3 Å². The van der Waals surface area contributed by atoms with Gasteiger partial charge in [0.2, 0.25) is 0 Å². The van der Waals surface area contributed by atoms with Gasteiger partial charge in [-0.05, 0) is 12.1 Å². The Morgan fingerprint density at radius 1 is 1.20 bits per heavy atom. The Balaban J connectivity index is 1.76. The number of carbonyl (C=O) groups is 2. The Labute approximate surface area is 114 Å². The highest BCUT2D eigenvalue weighted by molar-refractivity contribution is 5.89. The van der Waals surface area contributed by atoms with Gasteiger partial charge in [0, 0.05) is 5.92 Å². The maximum atomic E-state index is 12.0. The molecule has 1 aliphatic heterocycles. The second-order valence-corrected chi connectivity index (χ2v) is 5.04. The van der Waals surface area contributed by atoms with E-state index in [1.807, 2.05) is 0 Å². The molecule has 1 aromatic carbocycles. The Morgan fingerprint density at radius 2 is 1.90 bits per heavy atom. The van der Waals surface area contributed by atoms with Crippen molar-refractivity contribution in [3.05, 3.63) is 35.9 Å². The summed E-state index contributed by atoms with van der Waals surface area (Å²) in [5.41, 5.74) is 0.335. The van der Waals surface area contributed by atoms with Crippen molar-refractivity contribution in [2.75, 3.05) is 0 Å². The number of aliphatic hydroxyl groups is 2. The molecule has 0 unspecified atom stereocenters. The van der Waals surface area contributed by atoms with Crippen LogP contribution in [0, 0.1) is 5.92 Å². The van der Waals surface area contributed by atoms with Gasteiger partial charge in [0.25, 0.3) is 0 Å². The minimum absolute atomic E-state index is 0.0300. The molecular formula is C14H14O6. The van der Waals surface area contributed by atoms with Crippen LogP contribution >= 0.6 is 0 Å². The molecule has 3 rings (SSSR count). The molecule has 2 aliphatic rings. The normalized spacial score (nSPS) is 35.5. The minimum atomic E-state index is -1.24. The average Bonchev–Trinajstić information content (AvgIpc) is 2.93. The number of esters is 2. The van der Waals surface area contributed by atoms with E-state index in [4.69, 9.17) is 9.47 Å². The monoisotopic (exact) mass is 278 g/mol. The van der Waals surface area contributed by atoms with Gasteiger partial charge in [0.15, 0.2) is 6.10 Å². The fourth-order valence-corrected chi connectivity index (χ4v) is 2.77. The first-order chi connectivity index (χ1) is 9.58. The van der Waals surface area contributed by atoms with Gasteiger partial charge in [-0.3, -0.25) is 4.79 Å². The predicted molar refractivity (Wildman–Crippen MR) is 65.6 cm³/mol. The summed E-state index contributed by atoms with van der Waals surface area (Å²) in [6, 6.07) is 8.31. The first-order valence-electron chi connectivity index (χ1n) is 6.39. The molecule has 0 aromatic heterocycles. The first kappa shape index (κ1) is 13.1. The number of ether oxygens (including phenoxy) is 2. The smallest absolute Gasteiger partial charge is 0.338 e. The molecule has 1 saturated heterocycles. The van der Waals surface area contributed by atoms with Crippen molar-refractivity contribution in [1.82, 2.24) is 0 Å². The predicted octanol–water partition coefficient (Wildman–Crippen LogP) is -0.121. The van der Waals surface area contributed by atoms with Crippen LogP contribution in [0.25, 0.3) is 0 Å². The first-order valence-corrected chi connectivity index (χ1v) is 6.39. The van der Waals surface area contributed by atoms with Gasteiger partial charge in [-0.2, -0.15) is 0 Å². The lowest BCUT2D eigenvalue weighted by Gasteiger charge is -2.21. The highest BCUT2D eigenvalue weighted by Crippen LogP contribution is 2.39. The third-order valence-electron chi connectivity index (χ3n) is 3.79. The Morgan fingerprint density at radius 3 is 2.60 bits per heavy atom. The molecule has 1 saturated carbocycles. The van der Waals surface area contributed by atoms with Crippen molar-refractivity contribution in [3.63, 3.8) is 0 Å². The molecule has 2 N–H and O–H groups in total. The van der Waals surface area contributed by atoms with Gasteiger partial charge in [-0.15, -0.1) is 0 Å². The van der Waals surface area contributed by atoms with Gasteiger partial charge in [-0.25, -0.2) is 4.79 Å². The van der Waals surface area contributed by atoms with E-state index in [0.717, 1.165) is 0 Å². The summed E-state index contributed by atoms with van der Waals surface area (Å²) in [6.07, 6.45) is -4.15. The number of hydrogen-bond donors (Lipinski definition) is 2. The zero-order valence-electron chi connectivity index (χ0n) is 10.5. The lowest BCUT2D eigenvalue weighted by Crippen LogP contribution is -2.38. The zero-order chi connectivity index (χ0) is 14.3. The van der Waals surface area contributed by atoms with Crippen LogP contribution in [0.3, 0.4) is 0 Å². The summed E-state index contributed by atoms with van der Waals surface area (Å²) in [4.78, 5) is 23.2. The van der Waals surface area contributed by atoms with Crippen LogP contribution in [0.2, 0.25) is 0 Å². The van der Waals surface area contributed by atoms with E-state index in [0.29, 0.717) is 5.56 Å². The standard InChI is InChI=1S/C14H14O6/c15-9-6-8-10(16)11(17)13(12(8)19-9)20-14(18)7-4-2-1-3-5-7/h1-5,8,10-13,16-17H,6H2/t8-,10+,11+,12-,13-/m1/s1. The van der Waals surface area contributed by atoms with Gasteiger partial charge >= 0.3 is 11.9 Å². The summed E-state index contributed by atoms with van der Waals surface area (Å²) < 4.78 is 10.3. The van der Waals surface area contributed by atoms with Crippen LogP contribution in [0.1, 0.15) is 16.8 Å². The zero-order valence-corrected chi connectivity index (χ0v) is 10.5. The van der Waals surface area contributed by atoms with Crippen molar-refractivity contribution >= 4 is 11.9 Å². The second-order valence-electron chi connectivity index (χ2n) is 5.04. The summed E-state index contributed by atoms with van der Waals surface area (Å²) in [6.45, 7) is 0. The highest BCUT2D eigenvalue weighted by atomic mass is 16.6. The topological polar surface area (TPSA) is 93.1 Å². The molecule has 0 amide bonds. The van der Waals surface area contributed by atoms with Crippen molar-refractivity contribution in [2.45, 2.75) is 30.8 Å². The maximum Gasteiger partial charge on any atom is 0.338 e.